The van der Waals surface area contributed by atoms with Crippen molar-refractivity contribution in [3.8, 4) is 0 Å². The van der Waals surface area contributed by atoms with Gasteiger partial charge in [-0.25, -0.2) is 4.79 Å². The average Bonchev–Trinajstić information content (AvgIpc) is 3.21. The third kappa shape index (κ3) is 12.2. The standard InChI is InChI=1S/C35H50N4O4.CH2O2/c1-24(2)32(40)29-11-10-27-15-19-39(20-16-28(27)22-29)18-14-25-8-12-30(13-9-25)37-33(41)31(21-26-7-6-17-36-23-26)38-34(42)43-35(3,4)5;2-1-3/h6-7,10-11,17,22-25,30-31H,8-9,12-16,18-21H2,1-5H3,(H,37,41)(H,38,42);1H,(H,2,3)/t25?,30?,31-;/m1./s1. The van der Waals surface area contributed by atoms with Crippen molar-refractivity contribution in [1.29, 1.82) is 0 Å². The van der Waals surface area contributed by atoms with Crippen molar-refractivity contribution in [2.75, 3.05) is 19.6 Å². The third-order valence-electron chi connectivity index (χ3n) is 8.63. The number of nitrogens with zero attached hydrogens (tertiary/aromatic N) is 2. The van der Waals surface area contributed by atoms with Gasteiger partial charge in [0.1, 0.15) is 11.6 Å². The molecule has 0 saturated heterocycles. The van der Waals surface area contributed by atoms with Gasteiger partial charge in [0.15, 0.2) is 5.78 Å². The molecule has 46 heavy (non-hydrogen) atoms. The molecule has 2 aromatic rings. The van der Waals surface area contributed by atoms with Gasteiger partial charge in [0.25, 0.3) is 6.47 Å². The zero-order chi connectivity index (χ0) is 33.7. The quantitative estimate of drug-likeness (QED) is 0.238. The van der Waals surface area contributed by atoms with Crippen LogP contribution in [0.25, 0.3) is 0 Å². The molecule has 1 aliphatic carbocycles. The van der Waals surface area contributed by atoms with E-state index in [4.69, 9.17) is 14.6 Å². The van der Waals surface area contributed by atoms with Crippen LogP contribution in [0.2, 0.25) is 0 Å². The summed E-state index contributed by atoms with van der Waals surface area (Å²) < 4.78 is 5.42. The second kappa shape index (κ2) is 17.8. The van der Waals surface area contributed by atoms with E-state index < -0.39 is 17.7 Å². The molecule has 1 aliphatic heterocycles. The summed E-state index contributed by atoms with van der Waals surface area (Å²) in [5.74, 6) is 0.714. The van der Waals surface area contributed by atoms with E-state index in [2.05, 4.69) is 32.7 Å². The van der Waals surface area contributed by atoms with Crippen LogP contribution in [-0.4, -0.2) is 76.6 Å². The summed E-state index contributed by atoms with van der Waals surface area (Å²) in [4.78, 5) is 53.4. The maximum Gasteiger partial charge on any atom is 0.408 e. The number of hydrogen-bond donors (Lipinski definition) is 3. The number of pyridine rings is 1. The fourth-order valence-corrected chi connectivity index (χ4v) is 6.16. The Bertz CT molecular complexity index is 1290. The second-order valence-electron chi connectivity index (χ2n) is 13.7. The molecule has 3 N–H and O–H groups in total. The van der Waals surface area contributed by atoms with Crippen molar-refractivity contribution < 1.29 is 29.0 Å². The van der Waals surface area contributed by atoms with Crippen molar-refractivity contribution >= 4 is 24.3 Å². The van der Waals surface area contributed by atoms with Crippen molar-refractivity contribution in [1.82, 2.24) is 20.5 Å². The van der Waals surface area contributed by atoms with Crippen LogP contribution in [0.4, 0.5) is 4.79 Å². The number of fused-ring (bicyclic) bond motifs is 1. The molecule has 0 unspecified atom stereocenters. The largest absolute Gasteiger partial charge is 0.483 e. The van der Waals surface area contributed by atoms with E-state index in [1.807, 2.05) is 32.0 Å². The van der Waals surface area contributed by atoms with Crippen molar-refractivity contribution in [3.63, 3.8) is 0 Å². The Balaban J connectivity index is 0.00000185. The van der Waals surface area contributed by atoms with Gasteiger partial charge in [0.2, 0.25) is 5.91 Å². The van der Waals surface area contributed by atoms with Gasteiger partial charge in [-0.15, -0.1) is 0 Å². The van der Waals surface area contributed by atoms with Crippen molar-refractivity contribution in [2.45, 2.75) is 104 Å². The maximum atomic E-state index is 13.3. The number of carbonyl (C=O) groups is 4. The molecular weight excluding hydrogens is 584 g/mol. The number of alkyl carbamates (subject to hydrolysis) is 1. The number of rotatable bonds is 10. The third-order valence-corrected chi connectivity index (χ3v) is 8.63. The monoisotopic (exact) mass is 636 g/mol. The molecule has 1 fully saturated rings. The minimum absolute atomic E-state index is 0.0194. The molecule has 2 aliphatic rings. The number of hydrogen-bond acceptors (Lipinski definition) is 7. The lowest BCUT2D eigenvalue weighted by Crippen LogP contribution is -2.52. The van der Waals surface area contributed by atoms with Crippen LogP contribution in [-0.2, 0) is 33.6 Å². The lowest BCUT2D eigenvalue weighted by Gasteiger charge is -2.32. The van der Waals surface area contributed by atoms with E-state index in [0.717, 1.165) is 75.7 Å². The Hall–Kier alpha value is -3.79. The number of Topliss-reactive ketones (excluding diaryl/α,β-unsaturated/α-hetero) is 1. The van der Waals surface area contributed by atoms with E-state index in [9.17, 15) is 14.4 Å². The summed E-state index contributed by atoms with van der Waals surface area (Å²) in [7, 11) is 0. The molecule has 0 spiro atoms. The van der Waals surface area contributed by atoms with Crippen LogP contribution in [0.5, 0.6) is 0 Å². The second-order valence-corrected chi connectivity index (χ2v) is 13.7. The summed E-state index contributed by atoms with van der Waals surface area (Å²) in [6, 6.07) is 9.40. The number of ether oxygens (including phenoxy) is 1. The topological polar surface area (TPSA) is 138 Å². The Morgan fingerprint density at radius 2 is 1.74 bits per heavy atom. The predicted octanol–water partition coefficient (Wildman–Crippen LogP) is 5.22. The first-order valence-corrected chi connectivity index (χ1v) is 16.5. The van der Waals surface area contributed by atoms with E-state index >= 15 is 0 Å². The van der Waals surface area contributed by atoms with Gasteiger partial charge in [-0.2, -0.15) is 0 Å². The number of benzene rings is 1. The molecule has 1 aromatic carbocycles. The molecule has 2 amide bonds. The van der Waals surface area contributed by atoms with Gasteiger partial charge < -0.3 is 25.4 Å². The highest BCUT2D eigenvalue weighted by molar-refractivity contribution is 5.97. The van der Waals surface area contributed by atoms with Gasteiger partial charge in [0, 0.05) is 49.4 Å². The highest BCUT2D eigenvalue weighted by Gasteiger charge is 2.29. The maximum absolute atomic E-state index is 13.3. The van der Waals surface area contributed by atoms with Crippen LogP contribution < -0.4 is 10.6 Å². The molecular formula is C36H52N4O6. The first-order chi connectivity index (χ1) is 21.9. The lowest BCUT2D eigenvalue weighted by atomic mass is 9.84. The fraction of sp³-hybridized carbons (Fsp3) is 0.583. The van der Waals surface area contributed by atoms with Crippen LogP contribution in [0.1, 0.15) is 93.8 Å². The fourth-order valence-electron chi connectivity index (χ4n) is 6.16. The Kier molecular flexibility index (Phi) is 14.2. The molecule has 2 heterocycles. The molecule has 252 valence electrons. The highest BCUT2D eigenvalue weighted by atomic mass is 16.6. The number of carboxylic acid groups (broad SMARTS) is 1. The van der Waals surface area contributed by atoms with Gasteiger partial charge in [-0.05, 0) is 107 Å². The van der Waals surface area contributed by atoms with Gasteiger partial charge >= 0.3 is 6.09 Å². The molecule has 4 rings (SSSR count). The van der Waals surface area contributed by atoms with Crippen LogP contribution >= 0.6 is 0 Å². The Labute approximate surface area is 273 Å². The first kappa shape index (κ1) is 36.7. The smallest absolute Gasteiger partial charge is 0.408 e. The molecule has 10 nitrogen and oxygen atoms in total. The first-order valence-electron chi connectivity index (χ1n) is 16.5. The predicted molar refractivity (Wildman–Crippen MR) is 178 cm³/mol. The SMILES string of the molecule is CC(C)C(=O)c1ccc2c(c1)CCN(CCC1CCC(NC(=O)[C@@H](Cc3cccnc3)NC(=O)OC(C)(C)C)CC1)CC2.O=CO. The summed E-state index contributed by atoms with van der Waals surface area (Å²) in [6.45, 7) is 12.3. The minimum atomic E-state index is -0.733. The summed E-state index contributed by atoms with van der Waals surface area (Å²) in [6.07, 6.45) is 10.4. The number of amides is 2. The van der Waals surface area contributed by atoms with E-state index in [1.165, 1.54) is 11.1 Å². The van der Waals surface area contributed by atoms with Crippen molar-refractivity contribution in [3.05, 3.63) is 65.0 Å². The van der Waals surface area contributed by atoms with Crippen LogP contribution in [0.3, 0.4) is 0 Å². The molecule has 1 aromatic heterocycles. The zero-order valence-electron chi connectivity index (χ0n) is 28.1. The van der Waals surface area contributed by atoms with Crippen molar-refractivity contribution in [2.24, 2.45) is 11.8 Å². The van der Waals surface area contributed by atoms with Gasteiger partial charge in [-0.3, -0.25) is 19.4 Å². The average molecular weight is 637 g/mol. The van der Waals surface area contributed by atoms with E-state index in [1.54, 1.807) is 33.2 Å². The number of carbonyl (C=O) groups excluding carboxylic acids is 3. The minimum Gasteiger partial charge on any atom is -0.483 e. The Morgan fingerprint density at radius 1 is 1.07 bits per heavy atom. The normalized spacial score (nSPS) is 19.0. The number of aromatic nitrogens is 1. The molecule has 1 saturated carbocycles. The lowest BCUT2D eigenvalue weighted by molar-refractivity contribution is -0.124. The molecule has 0 radical (unpaired) electrons. The summed E-state index contributed by atoms with van der Waals surface area (Å²) in [5, 5.41) is 12.9. The summed E-state index contributed by atoms with van der Waals surface area (Å²) >= 11 is 0. The summed E-state index contributed by atoms with van der Waals surface area (Å²) in [5.41, 5.74) is 3.78. The Morgan fingerprint density at radius 3 is 2.35 bits per heavy atom. The highest BCUT2D eigenvalue weighted by Crippen LogP contribution is 2.28. The van der Waals surface area contributed by atoms with Gasteiger partial charge in [-0.1, -0.05) is 32.0 Å². The van der Waals surface area contributed by atoms with Crippen LogP contribution in [0.15, 0.2) is 42.7 Å². The molecule has 1 atom stereocenters. The van der Waals surface area contributed by atoms with Gasteiger partial charge in [0.05, 0.1) is 0 Å². The zero-order valence-corrected chi connectivity index (χ0v) is 28.1. The number of nitrogens with one attached hydrogen (secondary N) is 2. The van der Waals surface area contributed by atoms with Crippen LogP contribution in [0, 0.1) is 11.8 Å². The van der Waals surface area contributed by atoms with E-state index in [0.29, 0.717) is 12.3 Å². The molecule has 10 heteroatoms. The number of ketones is 1. The molecule has 0 bridgehead atoms. The van der Waals surface area contributed by atoms with E-state index in [-0.39, 0.29) is 30.1 Å².